The molecule has 3 aromatic rings. The summed E-state index contributed by atoms with van der Waals surface area (Å²) in [5, 5.41) is 4.13. The van der Waals surface area contributed by atoms with Crippen LogP contribution in [0.2, 0.25) is 0 Å². The summed E-state index contributed by atoms with van der Waals surface area (Å²) in [5.41, 5.74) is 1.99. The summed E-state index contributed by atoms with van der Waals surface area (Å²) in [6.07, 6.45) is 4.93. The second-order valence-corrected chi connectivity index (χ2v) is 4.04. The van der Waals surface area contributed by atoms with Gasteiger partial charge in [0.1, 0.15) is 6.61 Å². The quantitative estimate of drug-likeness (QED) is 0.671. The number of carbonyl (C=O) groups excluding carboxylic acids is 1. The third-order valence-electron chi connectivity index (χ3n) is 2.69. The Labute approximate surface area is 109 Å². The molecule has 5 nitrogen and oxygen atoms in total. The molecule has 0 radical (unpaired) electrons. The van der Waals surface area contributed by atoms with Crippen molar-refractivity contribution in [2.45, 2.75) is 6.61 Å². The number of hydrogen-bond donors (Lipinski definition) is 0. The van der Waals surface area contributed by atoms with Crippen molar-refractivity contribution in [1.82, 2.24) is 14.6 Å². The number of fused-ring (bicyclic) bond motifs is 1. The maximum atomic E-state index is 11.9. The molecule has 0 atom stereocenters. The Balaban J connectivity index is 1.73. The summed E-state index contributed by atoms with van der Waals surface area (Å²) in [5.74, 6) is -0.437. The van der Waals surface area contributed by atoms with E-state index in [1.54, 1.807) is 29.2 Å². The molecular formula is C14H11N3O2. The highest BCUT2D eigenvalue weighted by atomic mass is 16.5. The average molecular weight is 253 g/mol. The largest absolute Gasteiger partial charge is 0.456 e. The van der Waals surface area contributed by atoms with Gasteiger partial charge in [0.15, 0.2) is 5.69 Å². The lowest BCUT2D eigenvalue weighted by molar-refractivity contribution is 0.0465. The highest BCUT2D eigenvalue weighted by Gasteiger charge is 2.12. The van der Waals surface area contributed by atoms with Crippen molar-refractivity contribution >= 4 is 11.5 Å². The van der Waals surface area contributed by atoms with Gasteiger partial charge < -0.3 is 4.74 Å². The van der Waals surface area contributed by atoms with Crippen LogP contribution in [0, 0.1) is 0 Å². The summed E-state index contributed by atoms with van der Waals surface area (Å²) >= 11 is 0. The first-order valence-corrected chi connectivity index (χ1v) is 5.83. The monoisotopic (exact) mass is 253 g/mol. The molecule has 1 aromatic carbocycles. The fourth-order valence-electron chi connectivity index (χ4n) is 1.74. The smallest absolute Gasteiger partial charge is 0.359 e. The summed E-state index contributed by atoms with van der Waals surface area (Å²) in [4.78, 5) is 15.8. The molecule has 0 aliphatic carbocycles. The predicted octanol–water partition coefficient (Wildman–Crippen LogP) is 2.09. The van der Waals surface area contributed by atoms with E-state index < -0.39 is 5.97 Å². The van der Waals surface area contributed by atoms with Crippen molar-refractivity contribution < 1.29 is 9.53 Å². The highest BCUT2D eigenvalue weighted by molar-refractivity contribution is 5.88. The molecule has 0 saturated carbocycles. The van der Waals surface area contributed by atoms with Crippen LogP contribution in [-0.4, -0.2) is 20.6 Å². The molecule has 2 aromatic heterocycles. The minimum absolute atomic E-state index is 0.242. The zero-order valence-corrected chi connectivity index (χ0v) is 10.1. The molecule has 0 aliphatic rings. The molecule has 94 valence electrons. The van der Waals surface area contributed by atoms with Crippen LogP contribution in [-0.2, 0) is 11.3 Å². The Kier molecular flexibility index (Phi) is 2.94. The molecular weight excluding hydrogens is 242 g/mol. The van der Waals surface area contributed by atoms with E-state index in [1.807, 2.05) is 30.3 Å². The van der Waals surface area contributed by atoms with Crippen LogP contribution in [0.3, 0.4) is 0 Å². The lowest BCUT2D eigenvalue weighted by Crippen LogP contribution is -2.06. The first kappa shape index (κ1) is 11.4. The van der Waals surface area contributed by atoms with Gasteiger partial charge in [-0.15, -0.1) is 0 Å². The second kappa shape index (κ2) is 4.89. The fraction of sp³-hybridized carbons (Fsp3) is 0.0714. The van der Waals surface area contributed by atoms with Gasteiger partial charge in [0.25, 0.3) is 0 Å². The molecule has 0 N–H and O–H groups in total. The van der Waals surface area contributed by atoms with Gasteiger partial charge in [-0.2, -0.15) is 5.10 Å². The second-order valence-electron chi connectivity index (χ2n) is 4.04. The number of esters is 1. The third-order valence-corrected chi connectivity index (χ3v) is 2.69. The molecule has 0 aliphatic heterocycles. The first-order valence-electron chi connectivity index (χ1n) is 5.83. The van der Waals surface area contributed by atoms with Gasteiger partial charge in [0.05, 0.1) is 11.7 Å². The average Bonchev–Trinajstić information content (AvgIpc) is 2.90. The van der Waals surface area contributed by atoms with Crippen LogP contribution in [0.25, 0.3) is 5.52 Å². The van der Waals surface area contributed by atoms with Gasteiger partial charge in [-0.3, -0.25) is 4.98 Å². The van der Waals surface area contributed by atoms with E-state index in [2.05, 4.69) is 10.1 Å². The van der Waals surface area contributed by atoms with Crippen LogP contribution >= 0.6 is 0 Å². The van der Waals surface area contributed by atoms with Crippen molar-refractivity contribution in [3.8, 4) is 0 Å². The summed E-state index contributed by atoms with van der Waals surface area (Å²) in [6.45, 7) is 0.242. The first-order chi connectivity index (χ1) is 9.33. The number of rotatable bonds is 3. The molecule has 0 amide bonds. The SMILES string of the molecule is O=C(OCc1ccccc1)c1cc2cnccn2n1. The van der Waals surface area contributed by atoms with E-state index in [9.17, 15) is 4.79 Å². The molecule has 5 heteroatoms. The molecule has 0 spiro atoms. The number of nitrogens with zero attached hydrogens (tertiary/aromatic N) is 3. The van der Waals surface area contributed by atoms with Gasteiger partial charge in [-0.25, -0.2) is 9.31 Å². The van der Waals surface area contributed by atoms with Gasteiger partial charge >= 0.3 is 5.97 Å². The Bertz CT molecular complexity index is 674. The van der Waals surface area contributed by atoms with Crippen LogP contribution in [0.4, 0.5) is 0 Å². The molecule has 2 heterocycles. The highest BCUT2D eigenvalue weighted by Crippen LogP contribution is 2.08. The van der Waals surface area contributed by atoms with Crippen LogP contribution < -0.4 is 0 Å². The fourth-order valence-corrected chi connectivity index (χ4v) is 1.74. The molecule has 0 bridgehead atoms. The molecule has 0 saturated heterocycles. The number of ether oxygens (including phenoxy) is 1. The number of benzene rings is 1. The van der Waals surface area contributed by atoms with Crippen molar-refractivity contribution in [2.24, 2.45) is 0 Å². The lowest BCUT2D eigenvalue weighted by Gasteiger charge is -2.02. The molecule has 0 unspecified atom stereocenters. The van der Waals surface area contributed by atoms with Crippen molar-refractivity contribution in [3.63, 3.8) is 0 Å². The van der Waals surface area contributed by atoms with Crippen molar-refractivity contribution in [3.05, 3.63) is 66.2 Å². The maximum Gasteiger partial charge on any atom is 0.359 e. The molecule has 19 heavy (non-hydrogen) atoms. The van der Waals surface area contributed by atoms with Gasteiger partial charge in [-0.05, 0) is 5.56 Å². The van der Waals surface area contributed by atoms with E-state index in [-0.39, 0.29) is 12.3 Å². The van der Waals surface area contributed by atoms with E-state index in [0.29, 0.717) is 0 Å². The minimum atomic E-state index is -0.437. The van der Waals surface area contributed by atoms with Crippen molar-refractivity contribution in [2.75, 3.05) is 0 Å². The Morgan fingerprint density at radius 3 is 2.89 bits per heavy atom. The maximum absolute atomic E-state index is 11.9. The van der Waals surface area contributed by atoms with Gasteiger partial charge in [-0.1, -0.05) is 30.3 Å². The number of carbonyl (C=O) groups is 1. The van der Waals surface area contributed by atoms with E-state index >= 15 is 0 Å². The third kappa shape index (κ3) is 2.44. The standard InChI is InChI=1S/C14H11N3O2/c18-14(19-10-11-4-2-1-3-5-11)13-8-12-9-15-6-7-17(12)16-13/h1-9H,10H2. The Morgan fingerprint density at radius 1 is 1.26 bits per heavy atom. The van der Waals surface area contributed by atoms with Gasteiger partial charge in [0, 0.05) is 18.5 Å². The lowest BCUT2D eigenvalue weighted by atomic mass is 10.2. The number of aromatic nitrogens is 3. The zero-order chi connectivity index (χ0) is 13.1. The molecule has 3 rings (SSSR count). The minimum Gasteiger partial charge on any atom is -0.456 e. The van der Waals surface area contributed by atoms with E-state index in [1.165, 1.54) is 0 Å². The van der Waals surface area contributed by atoms with Gasteiger partial charge in [0.2, 0.25) is 0 Å². The number of hydrogen-bond acceptors (Lipinski definition) is 4. The van der Waals surface area contributed by atoms with Crippen LogP contribution in [0.15, 0.2) is 55.0 Å². The Morgan fingerprint density at radius 2 is 2.11 bits per heavy atom. The summed E-state index contributed by atoms with van der Waals surface area (Å²) < 4.78 is 6.80. The van der Waals surface area contributed by atoms with Crippen molar-refractivity contribution in [1.29, 1.82) is 0 Å². The predicted molar refractivity (Wildman–Crippen MR) is 68.5 cm³/mol. The summed E-state index contributed by atoms with van der Waals surface area (Å²) in [7, 11) is 0. The topological polar surface area (TPSA) is 56.5 Å². The van der Waals surface area contributed by atoms with Crippen LogP contribution in [0.5, 0.6) is 0 Å². The van der Waals surface area contributed by atoms with Crippen LogP contribution in [0.1, 0.15) is 16.1 Å². The zero-order valence-electron chi connectivity index (χ0n) is 10.1. The van der Waals surface area contributed by atoms with E-state index in [4.69, 9.17) is 4.74 Å². The summed E-state index contributed by atoms with van der Waals surface area (Å²) in [6, 6.07) is 11.2. The Hall–Kier alpha value is -2.69. The molecule has 0 fully saturated rings. The van der Waals surface area contributed by atoms with E-state index in [0.717, 1.165) is 11.1 Å². The normalized spacial score (nSPS) is 10.5.